The van der Waals surface area contributed by atoms with Gasteiger partial charge in [-0.15, -0.1) is 16.7 Å². The zero-order chi connectivity index (χ0) is 8.97. The van der Waals surface area contributed by atoms with Gasteiger partial charge in [-0.25, -0.2) is 4.68 Å². The highest BCUT2D eigenvalue weighted by atomic mass is 35.5. The predicted octanol–water partition coefficient (Wildman–Crippen LogP) is 0.619. The summed E-state index contributed by atoms with van der Waals surface area (Å²) in [6, 6.07) is 0.124. The van der Waals surface area contributed by atoms with Crippen molar-refractivity contribution in [3.8, 4) is 0 Å². The van der Waals surface area contributed by atoms with Crippen LogP contribution in [-0.2, 0) is 10.6 Å². The fraction of sp³-hybridized carbons (Fsp3) is 0.833. The van der Waals surface area contributed by atoms with Crippen molar-refractivity contribution in [2.24, 2.45) is 0 Å². The second kappa shape index (κ2) is 4.37. The lowest BCUT2D eigenvalue weighted by atomic mass is 10.4. The molecule has 1 rings (SSSR count). The molecule has 0 N–H and O–H groups in total. The number of tetrazole rings is 1. The molecule has 1 aromatic heterocycles. The standard InChI is InChI=1S/C6H11ClN4O/c1-5(4-12-2)11-6(3-7)8-9-10-11/h5H,3-4H2,1-2H3. The van der Waals surface area contributed by atoms with Crippen LogP contribution in [-0.4, -0.2) is 33.9 Å². The third kappa shape index (κ3) is 1.92. The maximum Gasteiger partial charge on any atom is 0.166 e. The van der Waals surface area contributed by atoms with E-state index in [1.54, 1.807) is 11.8 Å². The minimum atomic E-state index is 0.124. The molecule has 6 heteroatoms. The van der Waals surface area contributed by atoms with Gasteiger partial charge < -0.3 is 4.74 Å². The highest BCUT2D eigenvalue weighted by molar-refractivity contribution is 6.16. The number of ether oxygens (including phenoxy) is 1. The van der Waals surface area contributed by atoms with Gasteiger partial charge in [0.05, 0.1) is 18.5 Å². The van der Waals surface area contributed by atoms with Crippen LogP contribution in [0.15, 0.2) is 0 Å². The van der Waals surface area contributed by atoms with Crippen molar-refractivity contribution in [1.29, 1.82) is 0 Å². The quantitative estimate of drug-likeness (QED) is 0.654. The molecular weight excluding hydrogens is 180 g/mol. The lowest BCUT2D eigenvalue weighted by molar-refractivity contribution is 0.155. The smallest absolute Gasteiger partial charge is 0.166 e. The molecule has 1 aromatic rings. The van der Waals surface area contributed by atoms with E-state index in [-0.39, 0.29) is 6.04 Å². The Balaban J connectivity index is 2.71. The summed E-state index contributed by atoms with van der Waals surface area (Å²) < 4.78 is 6.63. The number of hydrogen-bond donors (Lipinski definition) is 0. The summed E-state index contributed by atoms with van der Waals surface area (Å²) in [5.74, 6) is 0.988. The minimum absolute atomic E-state index is 0.124. The van der Waals surface area contributed by atoms with Crippen LogP contribution < -0.4 is 0 Å². The van der Waals surface area contributed by atoms with E-state index in [2.05, 4.69) is 15.5 Å². The summed E-state index contributed by atoms with van der Waals surface area (Å²) in [6.45, 7) is 2.55. The van der Waals surface area contributed by atoms with Gasteiger partial charge in [0, 0.05) is 7.11 Å². The molecule has 0 fully saturated rings. The Morgan fingerprint density at radius 3 is 3.00 bits per heavy atom. The van der Waals surface area contributed by atoms with Crippen LogP contribution in [0.4, 0.5) is 0 Å². The van der Waals surface area contributed by atoms with Gasteiger partial charge in [0.2, 0.25) is 0 Å². The Morgan fingerprint density at radius 1 is 1.67 bits per heavy atom. The van der Waals surface area contributed by atoms with Gasteiger partial charge in [-0.2, -0.15) is 0 Å². The Morgan fingerprint density at radius 2 is 2.42 bits per heavy atom. The number of hydrogen-bond acceptors (Lipinski definition) is 4. The summed E-state index contributed by atoms with van der Waals surface area (Å²) in [4.78, 5) is 0. The van der Waals surface area contributed by atoms with Crippen LogP contribution in [0.5, 0.6) is 0 Å². The lowest BCUT2D eigenvalue weighted by Crippen LogP contribution is -2.15. The van der Waals surface area contributed by atoms with Crippen molar-refractivity contribution in [3.63, 3.8) is 0 Å². The average Bonchev–Trinajstić information content (AvgIpc) is 2.51. The minimum Gasteiger partial charge on any atom is -0.382 e. The first kappa shape index (κ1) is 9.41. The summed E-state index contributed by atoms with van der Waals surface area (Å²) in [5, 5.41) is 11.1. The third-order valence-electron chi connectivity index (χ3n) is 1.51. The van der Waals surface area contributed by atoms with Gasteiger partial charge in [-0.3, -0.25) is 0 Å². The molecule has 1 unspecified atom stereocenters. The molecule has 0 radical (unpaired) electrons. The van der Waals surface area contributed by atoms with Crippen molar-refractivity contribution in [2.45, 2.75) is 18.8 Å². The van der Waals surface area contributed by atoms with E-state index in [1.165, 1.54) is 0 Å². The Hall–Kier alpha value is -0.680. The molecule has 0 bridgehead atoms. The molecule has 1 atom stereocenters. The Bertz CT molecular complexity index is 239. The highest BCUT2D eigenvalue weighted by Crippen LogP contribution is 2.07. The van der Waals surface area contributed by atoms with Crippen molar-refractivity contribution in [2.75, 3.05) is 13.7 Å². The highest BCUT2D eigenvalue weighted by Gasteiger charge is 2.10. The second-order valence-electron chi connectivity index (χ2n) is 2.48. The molecular formula is C6H11ClN4O. The average molecular weight is 191 g/mol. The molecule has 0 saturated heterocycles. The Labute approximate surface area is 75.7 Å². The van der Waals surface area contributed by atoms with Crippen molar-refractivity contribution in [3.05, 3.63) is 5.82 Å². The van der Waals surface area contributed by atoms with Gasteiger partial charge >= 0.3 is 0 Å². The molecule has 0 saturated carbocycles. The van der Waals surface area contributed by atoms with Crippen LogP contribution in [0.1, 0.15) is 18.8 Å². The first-order valence-corrected chi connectivity index (χ1v) is 4.14. The van der Waals surface area contributed by atoms with Gasteiger partial charge in [-0.05, 0) is 17.4 Å². The van der Waals surface area contributed by atoms with Gasteiger partial charge in [0.25, 0.3) is 0 Å². The lowest BCUT2D eigenvalue weighted by Gasteiger charge is -2.10. The van der Waals surface area contributed by atoms with Crippen molar-refractivity contribution < 1.29 is 4.74 Å². The van der Waals surface area contributed by atoms with Crippen LogP contribution in [0.25, 0.3) is 0 Å². The second-order valence-corrected chi connectivity index (χ2v) is 2.74. The molecule has 0 spiro atoms. The first-order chi connectivity index (χ1) is 5.79. The van der Waals surface area contributed by atoms with Crippen LogP contribution in [0, 0.1) is 0 Å². The van der Waals surface area contributed by atoms with Crippen molar-refractivity contribution in [1.82, 2.24) is 20.2 Å². The normalized spacial score (nSPS) is 13.2. The summed E-state index contributed by atoms with van der Waals surface area (Å²) in [6.07, 6.45) is 0. The molecule has 0 aromatic carbocycles. The molecule has 0 aliphatic carbocycles. The number of halogens is 1. The molecule has 5 nitrogen and oxygen atoms in total. The van der Waals surface area contributed by atoms with E-state index >= 15 is 0 Å². The fourth-order valence-corrected chi connectivity index (χ4v) is 1.13. The van der Waals surface area contributed by atoms with E-state index < -0.39 is 0 Å². The fourth-order valence-electron chi connectivity index (χ4n) is 0.954. The number of alkyl halides is 1. The maximum atomic E-state index is 5.61. The third-order valence-corrected chi connectivity index (χ3v) is 1.74. The van der Waals surface area contributed by atoms with E-state index in [1.807, 2.05) is 6.92 Å². The first-order valence-electron chi connectivity index (χ1n) is 3.61. The molecule has 0 amide bonds. The summed E-state index contributed by atoms with van der Waals surface area (Å²) >= 11 is 5.61. The number of aromatic nitrogens is 4. The molecule has 1 heterocycles. The monoisotopic (exact) mass is 190 g/mol. The van der Waals surface area contributed by atoms with E-state index in [9.17, 15) is 0 Å². The predicted molar refractivity (Wildman–Crippen MR) is 44.0 cm³/mol. The van der Waals surface area contributed by atoms with Crippen molar-refractivity contribution >= 4 is 11.6 Å². The van der Waals surface area contributed by atoms with Gasteiger partial charge in [0.1, 0.15) is 0 Å². The topological polar surface area (TPSA) is 52.8 Å². The zero-order valence-electron chi connectivity index (χ0n) is 7.07. The Kier molecular flexibility index (Phi) is 3.43. The van der Waals surface area contributed by atoms with Crippen LogP contribution in [0.2, 0.25) is 0 Å². The van der Waals surface area contributed by atoms with E-state index in [0.29, 0.717) is 18.3 Å². The van der Waals surface area contributed by atoms with E-state index in [0.717, 1.165) is 0 Å². The van der Waals surface area contributed by atoms with Crippen LogP contribution >= 0.6 is 11.6 Å². The number of rotatable bonds is 4. The van der Waals surface area contributed by atoms with E-state index in [4.69, 9.17) is 16.3 Å². The SMILES string of the molecule is COCC(C)n1nnnc1CCl. The van der Waals surface area contributed by atoms with Gasteiger partial charge in [0.15, 0.2) is 5.82 Å². The summed E-state index contributed by atoms with van der Waals surface area (Å²) in [7, 11) is 1.64. The molecule has 12 heavy (non-hydrogen) atoms. The molecule has 0 aliphatic rings. The largest absolute Gasteiger partial charge is 0.382 e. The zero-order valence-corrected chi connectivity index (χ0v) is 7.82. The van der Waals surface area contributed by atoms with Gasteiger partial charge in [-0.1, -0.05) is 0 Å². The molecule has 68 valence electrons. The number of nitrogens with zero attached hydrogens (tertiary/aromatic N) is 4. The van der Waals surface area contributed by atoms with Crippen LogP contribution in [0.3, 0.4) is 0 Å². The molecule has 0 aliphatic heterocycles. The maximum absolute atomic E-state index is 5.61. The number of methoxy groups -OCH3 is 1. The summed E-state index contributed by atoms with van der Waals surface area (Å²) in [5.41, 5.74) is 0.